The molecule has 0 saturated carbocycles. The molecule has 0 fully saturated rings. The van der Waals surface area contributed by atoms with Gasteiger partial charge in [0.15, 0.2) is 0 Å². The molecule has 0 aliphatic carbocycles. The Balaban J connectivity index is 3.01. The van der Waals surface area contributed by atoms with Crippen molar-refractivity contribution in [2.45, 2.75) is 5.14 Å². The van der Waals surface area contributed by atoms with Gasteiger partial charge in [-0.1, -0.05) is 0 Å². The third-order valence-electron chi connectivity index (χ3n) is 0.983. The first-order valence-electron chi connectivity index (χ1n) is 2.50. The molecule has 0 bridgehead atoms. The maximum atomic E-state index is 9.13. The van der Waals surface area contributed by atoms with Gasteiger partial charge in [-0.15, -0.1) is 0 Å². The van der Waals surface area contributed by atoms with Crippen molar-refractivity contribution in [3.8, 4) is 5.75 Å². The molecule has 0 saturated heterocycles. The first-order chi connectivity index (χ1) is 4.34. The fourth-order valence-electron chi connectivity index (χ4n) is 0.565. The van der Waals surface area contributed by atoms with Gasteiger partial charge in [-0.05, 0) is 0 Å². The Labute approximate surface area is 64.0 Å². The Morgan fingerprint density at radius 3 is 2.44 bits per heavy atom. The number of hydrogen-bond donors (Lipinski definition) is 1. The SMILES string of the molecule is [CH3][Au][c]1ccccc1O. The minimum absolute atomic E-state index is 0.137. The molecule has 0 aromatic heterocycles. The van der Waals surface area contributed by atoms with Gasteiger partial charge < -0.3 is 0 Å². The molecule has 1 N–H and O–H groups in total. The van der Waals surface area contributed by atoms with Crippen LogP contribution in [-0.2, 0) is 19.8 Å². The molecule has 0 radical (unpaired) electrons. The summed E-state index contributed by atoms with van der Waals surface area (Å²) in [6.45, 7) is 0. The van der Waals surface area contributed by atoms with Gasteiger partial charge in [-0.3, -0.25) is 0 Å². The van der Waals surface area contributed by atoms with Crippen LogP contribution in [0.3, 0.4) is 0 Å². The number of rotatable bonds is 1. The molecule has 0 amide bonds. The molecule has 1 aromatic rings. The van der Waals surface area contributed by atoms with Crippen LogP contribution in [-0.4, -0.2) is 5.11 Å². The number of phenolic OH excluding ortho intramolecular Hbond substituents is 1. The normalized spacial score (nSPS) is 9.89. The fraction of sp³-hybridized carbons (Fsp3) is 0.143. The van der Waals surface area contributed by atoms with Crippen molar-refractivity contribution in [3.05, 3.63) is 24.3 Å². The Morgan fingerprint density at radius 2 is 2.00 bits per heavy atom. The minimum atomic E-state index is 0.137. The van der Waals surface area contributed by atoms with Gasteiger partial charge in [-0.25, -0.2) is 0 Å². The molecule has 53 valence electrons. The van der Waals surface area contributed by atoms with Crippen LogP contribution in [0, 0.1) is 0 Å². The summed E-state index contributed by atoms with van der Waals surface area (Å²) >= 11 is 0.137. The van der Waals surface area contributed by atoms with E-state index >= 15 is 0 Å². The van der Waals surface area contributed by atoms with E-state index < -0.39 is 0 Å². The Kier molecular flexibility index (Phi) is 2.34. The molecule has 2 heteroatoms. The number of aromatic hydroxyl groups is 1. The van der Waals surface area contributed by atoms with E-state index in [0.29, 0.717) is 5.75 Å². The van der Waals surface area contributed by atoms with Gasteiger partial charge in [0, 0.05) is 0 Å². The predicted octanol–water partition coefficient (Wildman–Crippen LogP) is 1.15. The predicted molar refractivity (Wildman–Crippen MR) is 33.6 cm³/mol. The molecule has 0 aliphatic heterocycles. The van der Waals surface area contributed by atoms with Gasteiger partial charge >= 0.3 is 63.8 Å². The van der Waals surface area contributed by atoms with Gasteiger partial charge in [-0.2, -0.15) is 0 Å². The monoisotopic (exact) mass is 305 g/mol. The molecular weight excluding hydrogens is 297 g/mol. The van der Waals surface area contributed by atoms with Crippen LogP contribution in [0.25, 0.3) is 0 Å². The first kappa shape index (κ1) is 6.87. The van der Waals surface area contributed by atoms with E-state index in [1.165, 1.54) is 0 Å². The Bertz CT molecular complexity index is 198. The summed E-state index contributed by atoms with van der Waals surface area (Å²) in [4.78, 5) is 0. The van der Waals surface area contributed by atoms with Crippen molar-refractivity contribution in [2.75, 3.05) is 0 Å². The quantitative estimate of drug-likeness (QED) is 0.772. The van der Waals surface area contributed by atoms with Crippen molar-refractivity contribution in [3.63, 3.8) is 0 Å². The molecule has 0 atom stereocenters. The summed E-state index contributed by atoms with van der Waals surface area (Å²) in [6.07, 6.45) is 0. The zero-order chi connectivity index (χ0) is 6.69. The zero-order valence-corrected chi connectivity index (χ0v) is 7.22. The zero-order valence-electron chi connectivity index (χ0n) is 5.06. The van der Waals surface area contributed by atoms with Crippen molar-refractivity contribution < 1.29 is 24.9 Å². The second kappa shape index (κ2) is 3.06. The summed E-state index contributed by atoms with van der Waals surface area (Å²) in [7, 11) is 0. The van der Waals surface area contributed by atoms with Crippen LogP contribution in [0.5, 0.6) is 5.75 Å². The summed E-state index contributed by atoms with van der Waals surface area (Å²) in [5.41, 5.74) is 0. The van der Waals surface area contributed by atoms with Crippen molar-refractivity contribution in [1.29, 1.82) is 0 Å². The van der Waals surface area contributed by atoms with Gasteiger partial charge in [0.05, 0.1) is 0 Å². The van der Waals surface area contributed by atoms with Crippen LogP contribution >= 0.6 is 0 Å². The van der Waals surface area contributed by atoms with E-state index in [-0.39, 0.29) is 19.8 Å². The van der Waals surface area contributed by atoms with Gasteiger partial charge in [0.1, 0.15) is 0 Å². The molecule has 1 nitrogen and oxygen atoms in total. The summed E-state index contributed by atoms with van der Waals surface area (Å²) in [6, 6.07) is 7.50. The molecule has 1 rings (SSSR count). The van der Waals surface area contributed by atoms with Crippen LogP contribution in [0.4, 0.5) is 0 Å². The second-order valence-electron chi connectivity index (χ2n) is 1.56. The maximum absolute atomic E-state index is 9.13. The van der Waals surface area contributed by atoms with E-state index in [4.69, 9.17) is 5.11 Å². The fourth-order valence-corrected chi connectivity index (χ4v) is 1.87. The molecule has 0 aliphatic rings. The average Bonchev–Trinajstić information content (AvgIpc) is 1.89. The van der Waals surface area contributed by atoms with Crippen molar-refractivity contribution in [1.82, 2.24) is 0 Å². The number of para-hydroxylation sites is 1. The van der Waals surface area contributed by atoms with E-state index in [1.54, 1.807) is 6.07 Å². The van der Waals surface area contributed by atoms with E-state index in [1.807, 2.05) is 18.2 Å². The molecule has 0 heterocycles. The summed E-state index contributed by atoms with van der Waals surface area (Å²) in [5, 5.41) is 11.3. The molecule has 9 heavy (non-hydrogen) atoms. The first-order valence-corrected chi connectivity index (χ1v) is 5.75. The van der Waals surface area contributed by atoms with E-state index in [9.17, 15) is 0 Å². The molecule has 1 aromatic carbocycles. The van der Waals surface area contributed by atoms with Crippen LogP contribution in [0.2, 0.25) is 5.14 Å². The number of hydrogen-bond acceptors (Lipinski definition) is 1. The Morgan fingerprint density at radius 1 is 1.33 bits per heavy atom. The third kappa shape index (κ3) is 1.58. The van der Waals surface area contributed by atoms with Crippen LogP contribution < -0.4 is 3.78 Å². The molecule has 0 spiro atoms. The Hall–Kier alpha value is -0.240. The van der Waals surface area contributed by atoms with E-state index in [2.05, 4.69) is 5.14 Å². The standard InChI is InChI=1S/C6H5O.CH3.Au/c7-6-4-2-1-3-5-6;;/h1-4,7H;1H3;. The average molecular weight is 305 g/mol. The summed E-state index contributed by atoms with van der Waals surface area (Å²) in [5.74, 6) is 0.446. The topological polar surface area (TPSA) is 20.2 Å². The van der Waals surface area contributed by atoms with Gasteiger partial charge in [0.2, 0.25) is 0 Å². The summed E-state index contributed by atoms with van der Waals surface area (Å²) < 4.78 is 1.11. The number of phenols is 1. The van der Waals surface area contributed by atoms with Crippen molar-refractivity contribution in [2.24, 2.45) is 0 Å². The van der Waals surface area contributed by atoms with Crippen LogP contribution in [0.15, 0.2) is 24.3 Å². The van der Waals surface area contributed by atoms with Crippen molar-refractivity contribution >= 4 is 3.78 Å². The molecule has 0 unspecified atom stereocenters. The second-order valence-corrected chi connectivity index (χ2v) is 3.81. The third-order valence-corrected chi connectivity index (χ3v) is 3.07. The van der Waals surface area contributed by atoms with Crippen LogP contribution in [0.1, 0.15) is 0 Å². The van der Waals surface area contributed by atoms with E-state index in [0.717, 1.165) is 3.78 Å². The van der Waals surface area contributed by atoms with Gasteiger partial charge in [0.25, 0.3) is 0 Å². The number of benzene rings is 1. The molecular formula is C7H8AuO.